The molecule has 0 bridgehead atoms. The summed E-state index contributed by atoms with van der Waals surface area (Å²) >= 11 is 0. The van der Waals surface area contributed by atoms with Crippen molar-refractivity contribution in [3.05, 3.63) is 35.5 Å². The van der Waals surface area contributed by atoms with Gasteiger partial charge >= 0.3 is 31.5 Å². The molecule has 0 spiro atoms. The number of halogens is 2. The third-order valence-corrected chi connectivity index (χ3v) is 5.84. The quantitative estimate of drug-likeness (QED) is 0.227. The van der Waals surface area contributed by atoms with E-state index in [9.17, 15) is 18.9 Å². The van der Waals surface area contributed by atoms with Gasteiger partial charge in [0.05, 0.1) is 12.2 Å². The molecule has 0 aliphatic heterocycles. The van der Waals surface area contributed by atoms with Gasteiger partial charge < -0.3 is 29.0 Å². The van der Waals surface area contributed by atoms with E-state index in [0.29, 0.717) is 0 Å². The molecule has 0 aliphatic carbocycles. The van der Waals surface area contributed by atoms with Crippen LogP contribution in [0.2, 0.25) is 0 Å². The van der Waals surface area contributed by atoms with Crippen LogP contribution in [0.15, 0.2) is 24.3 Å². The molecule has 2 N–H and O–H groups in total. The van der Waals surface area contributed by atoms with E-state index in [0.717, 1.165) is 24.3 Å². The first kappa shape index (κ1) is 28.0. The molecule has 2 aromatic rings. The van der Waals surface area contributed by atoms with Crippen LogP contribution in [0.5, 0.6) is 0 Å². The summed E-state index contributed by atoms with van der Waals surface area (Å²) < 4.78 is 71.5. The number of carboxylic acids is 1. The summed E-state index contributed by atoms with van der Waals surface area (Å²) in [7, 11) is -5.54. The minimum Gasteiger partial charge on any atom is -0.477 e. The number of aromatic nitrogens is 1. The lowest BCUT2D eigenvalue weighted by Gasteiger charge is -2.26. The second-order valence-electron chi connectivity index (χ2n) is 7.44. The van der Waals surface area contributed by atoms with Gasteiger partial charge in [0.15, 0.2) is 0 Å². The molecule has 194 valence electrons. The Labute approximate surface area is 197 Å². The number of hydrogen-bond acceptors (Lipinski definition) is 10. The topological polar surface area (TPSA) is 160 Å². The fourth-order valence-electron chi connectivity index (χ4n) is 2.53. The van der Waals surface area contributed by atoms with Crippen molar-refractivity contribution in [2.75, 3.05) is 13.6 Å². The van der Waals surface area contributed by atoms with Gasteiger partial charge in [0.2, 0.25) is 13.6 Å². The number of rotatable bonds is 11. The molecule has 0 saturated carbocycles. The molecule has 1 aromatic carbocycles. The summed E-state index contributed by atoms with van der Waals surface area (Å²) in [5.41, 5.74) is -5.28. The largest absolute Gasteiger partial charge is 0.510 e. The molecule has 0 fully saturated rings. The van der Waals surface area contributed by atoms with Gasteiger partial charge in [-0.3, -0.25) is 13.6 Å². The summed E-state index contributed by atoms with van der Waals surface area (Å²) in [5.74, 6) is -1.32. The van der Waals surface area contributed by atoms with Gasteiger partial charge in [-0.25, -0.2) is 14.4 Å². The monoisotopic (exact) mass is 523 g/mol. The standard InChI is InChI=1S/C20H24F2NO11P/c1-11(2)33-18(26)29-9-31-35(28,32-10-30-19(27)34-12(3)4)20(21,22)14-5-6-15-13(7-14)8-16(23-15)17(24)25/h5-8,11-12,23H,9-10H2,1-4H3,(H,24,25). The maximum Gasteiger partial charge on any atom is 0.510 e. The third-order valence-electron chi connectivity index (χ3n) is 4.01. The van der Waals surface area contributed by atoms with Crippen molar-refractivity contribution in [3.63, 3.8) is 0 Å². The van der Waals surface area contributed by atoms with Crippen LogP contribution in [-0.2, 0) is 38.2 Å². The number of hydrogen-bond donors (Lipinski definition) is 2. The number of H-pyrrole nitrogens is 1. The average molecular weight is 523 g/mol. The van der Waals surface area contributed by atoms with E-state index >= 15 is 8.78 Å². The van der Waals surface area contributed by atoms with E-state index in [-0.39, 0.29) is 16.6 Å². The number of aromatic amines is 1. The highest BCUT2D eigenvalue weighted by Gasteiger charge is 2.56. The lowest BCUT2D eigenvalue weighted by Crippen LogP contribution is -2.22. The number of nitrogens with one attached hydrogen (secondary N) is 1. The van der Waals surface area contributed by atoms with Crippen molar-refractivity contribution < 1.29 is 60.8 Å². The average Bonchev–Trinajstić information content (AvgIpc) is 3.16. The van der Waals surface area contributed by atoms with Crippen LogP contribution in [0.3, 0.4) is 0 Å². The van der Waals surface area contributed by atoms with Gasteiger partial charge in [0.25, 0.3) is 0 Å². The molecular formula is C20H24F2NO11P. The van der Waals surface area contributed by atoms with Gasteiger partial charge in [-0.05, 0) is 45.9 Å². The Hall–Kier alpha value is -3.22. The number of carboxylic acid groups (broad SMARTS) is 1. The van der Waals surface area contributed by atoms with Crippen molar-refractivity contribution in [1.29, 1.82) is 0 Å². The number of aromatic carboxylic acids is 1. The Morgan fingerprint density at radius 2 is 1.49 bits per heavy atom. The van der Waals surface area contributed by atoms with Crippen LogP contribution in [-0.4, -0.2) is 54.2 Å². The maximum absolute atomic E-state index is 15.4. The summed E-state index contributed by atoms with van der Waals surface area (Å²) in [6, 6.07) is 3.98. The normalized spacial score (nSPS) is 12.1. The first-order chi connectivity index (χ1) is 16.2. The van der Waals surface area contributed by atoms with Gasteiger partial charge in [0, 0.05) is 16.5 Å². The molecule has 1 heterocycles. The summed E-state index contributed by atoms with van der Waals surface area (Å²) in [6.07, 6.45) is -3.73. The Bertz CT molecular complexity index is 1080. The van der Waals surface area contributed by atoms with Crippen LogP contribution in [0, 0.1) is 0 Å². The molecule has 0 amide bonds. The molecule has 12 nitrogen and oxygen atoms in total. The van der Waals surface area contributed by atoms with Gasteiger partial charge in [-0.15, -0.1) is 0 Å². The molecule has 0 radical (unpaired) electrons. The molecular weight excluding hydrogens is 499 g/mol. The van der Waals surface area contributed by atoms with Crippen LogP contribution >= 0.6 is 7.60 Å². The SMILES string of the molecule is CC(C)OC(=O)OCOP(=O)(OCOC(=O)OC(C)C)C(F)(F)c1ccc2[nH]c(C(=O)O)cc2c1. The molecule has 2 rings (SSSR count). The van der Waals surface area contributed by atoms with E-state index in [1.165, 1.54) is 27.7 Å². The number of benzene rings is 1. The fraction of sp³-hybridized carbons (Fsp3) is 0.450. The number of alkyl halides is 2. The first-order valence-electron chi connectivity index (χ1n) is 10.1. The molecule has 0 aliphatic rings. The van der Waals surface area contributed by atoms with Crippen LogP contribution in [0.4, 0.5) is 18.4 Å². The number of carbonyl (C=O) groups excluding carboxylic acids is 2. The van der Waals surface area contributed by atoms with Gasteiger partial charge in [-0.1, -0.05) is 6.07 Å². The van der Waals surface area contributed by atoms with Crippen molar-refractivity contribution >= 4 is 36.8 Å². The Kier molecular flexibility index (Phi) is 9.18. The Morgan fingerprint density at radius 3 is 1.94 bits per heavy atom. The van der Waals surface area contributed by atoms with Crippen molar-refractivity contribution in [2.45, 2.75) is 45.6 Å². The van der Waals surface area contributed by atoms with E-state index in [2.05, 4.69) is 33.0 Å². The highest BCUT2D eigenvalue weighted by molar-refractivity contribution is 7.54. The Morgan fingerprint density at radius 1 is 0.971 bits per heavy atom. The van der Waals surface area contributed by atoms with Crippen LogP contribution < -0.4 is 0 Å². The molecule has 0 atom stereocenters. The van der Waals surface area contributed by atoms with Crippen molar-refractivity contribution in [3.8, 4) is 0 Å². The zero-order chi connectivity index (χ0) is 26.4. The van der Waals surface area contributed by atoms with E-state index in [1.54, 1.807) is 0 Å². The summed E-state index contributed by atoms with van der Waals surface area (Å²) in [5, 5.41) is 9.14. The lowest BCUT2D eigenvalue weighted by molar-refractivity contribution is -0.0527. The van der Waals surface area contributed by atoms with Gasteiger partial charge in [0.1, 0.15) is 5.69 Å². The number of fused-ring (bicyclic) bond motifs is 1. The van der Waals surface area contributed by atoms with E-state index < -0.39 is 62.9 Å². The molecule has 1 aromatic heterocycles. The number of carbonyl (C=O) groups is 3. The Balaban J connectivity index is 2.28. The zero-order valence-electron chi connectivity index (χ0n) is 19.1. The highest BCUT2D eigenvalue weighted by Crippen LogP contribution is 2.67. The maximum atomic E-state index is 15.4. The predicted octanol–water partition coefficient (Wildman–Crippen LogP) is 5.18. The second-order valence-corrected chi connectivity index (χ2v) is 9.52. The van der Waals surface area contributed by atoms with E-state index in [1.807, 2.05) is 0 Å². The molecule has 35 heavy (non-hydrogen) atoms. The van der Waals surface area contributed by atoms with Gasteiger partial charge in [-0.2, -0.15) is 8.78 Å². The first-order valence-corrected chi connectivity index (χ1v) is 11.6. The lowest BCUT2D eigenvalue weighted by atomic mass is 10.1. The molecule has 15 heteroatoms. The smallest absolute Gasteiger partial charge is 0.477 e. The predicted molar refractivity (Wildman–Crippen MR) is 114 cm³/mol. The summed E-state index contributed by atoms with van der Waals surface area (Å²) in [4.78, 5) is 36.6. The van der Waals surface area contributed by atoms with Crippen LogP contribution in [0.1, 0.15) is 43.7 Å². The highest BCUT2D eigenvalue weighted by atomic mass is 31.2. The fourth-order valence-corrected chi connectivity index (χ4v) is 3.77. The van der Waals surface area contributed by atoms with Crippen molar-refractivity contribution in [2.24, 2.45) is 0 Å². The number of ether oxygens (including phenoxy) is 4. The minimum absolute atomic E-state index is 0.0691. The molecule has 0 unspecified atom stereocenters. The minimum atomic E-state index is -5.54. The third kappa shape index (κ3) is 7.38. The summed E-state index contributed by atoms with van der Waals surface area (Å²) in [6.45, 7) is 3.53. The van der Waals surface area contributed by atoms with Crippen LogP contribution in [0.25, 0.3) is 10.9 Å². The molecule has 0 saturated heterocycles. The van der Waals surface area contributed by atoms with E-state index in [4.69, 9.17) is 5.11 Å². The van der Waals surface area contributed by atoms with Crippen molar-refractivity contribution in [1.82, 2.24) is 4.98 Å². The zero-order valence-corrected chi connectivity index (χ0v) is 20.0. The second kappa shape index (κ2) is 11.5.